The molecule has 0 aliphatic carbocycles. The van der Waals surface area contributed by atoms with Crippen molar-refractivity contribution in [2.45, 2.75) is 65.6 Å². The van der Waals surface area contributed by atoms with Gasteiger partial charge in [0.15, 0.2) is 0 Å². The average molecular weight is 372 g/mol. The highest BCUT2D eigenvalue weighted by Gasteiger charge is 2.28. The zero-order valence-corrected chi connectivity index (χ0v) is 16.2. The molecule has 0 aromatic rings. The molecule has 0 aliphatic heterocycles. The number of hydrogen-bond donors (Lipinski definition) is 5. The Morgan fingerprint density at radius 2 is 1.54 bits per heavy atom. The largest absolute Gasteiger partial charge is 0.480 e. The molecule has 3 amide bonds. The minimum absolute atomic E-state index is 0.0292. The summed E-state index contributed by atoms with van der Waals surface area (Å²) in [5, 5.41) is 15.9. The van der Waals surface area contributed by atoms with E-state index < -0.39 is 48.4 Å². The van der Waals surface area contributed by atoms with E-state index in [1.54, 1.807) is 0 Å². The Labute approximate surface area is 154 Å². The number of carbonyl (C=O) groups is 4. The maximum atomic E-state index is 12.5. The van der Waals surface area contributed by atoms with Crippen LogP contribution < -0.4 is 21.7 Å². The predicted molar refractivity (Wildman–Crippen MR) is 97.1 cm³/mol. The molecular weight excluding hydrogens is 340 g/mol. The highest BCUT2D eigenvalue weighted by molar-refractivity contribution is 5.93. The molecule has 4 unspecified atom stereocenters. The van der Waals surface area contributed by atoms with Gasteiger partial charge >= 0.3 is 5.97 Å². The molecule has 0 saturated heterocycles. The van der Waals surface area contributed by atoms with E-state index in [1.807, 2.05) is 27.7 Å². The second-order valence-corrected chi connectivity index (χ2v) is 6.94. The molecule has 150 valence electrons. The van der Waals surface area contributed by atoms with Crippen molar-refractivity contribution in [1.82, 2.24) is 16.0 Å². The summed E-state index contributed by atoms with van der Waals surface area (Å²) in [4.78, 5) is 47.0. The van der Waals surface area contributed by atoms with Crippen LogP contribution in [0, 0.1) is 11.8 Å². The fourth-order valence-electron chi connectivity index (χ4n) is 2.18. The molecule has 0 rings (SSSR count). The zero-order valence-electron chi connectivity index (χ0n) is 16.2. The van der Waals surface area contributed by atoms with E-state index in [1.165, 1.54) is 6.92 Å². The van der Waals surface area contributed by atoms with E-state index >= 15 is 0 Å². The van der Waals surface area contributed by atoms with Gasteiger partial charge in [0.25, 0.3) is 0 Å². The Hall–Kier alpha value is -2.16. The third-order valence-electron chi connectivity index (χ3n) is 4.07. The molecule has 0 aliphatic rings. The van der Waals surface area contributed by atoms with Crippen LogP contribution in [0.2, 0.25) is 0 Å². The van der Waals surface area contributed by atoms with Gasteiger partial charge in [-0.05, 0) is 25.2 Å². The van der Waals surface area contributed by atoms with E-state index in [0.717, 1.165) is 6.42 Å². The lowest BCUT2D eigenvalue weighted by atomic mass is 9.97. The number of nitrogens with one attached hydrogen (secondary N) is 3. The first-order chi connectivity index (χ1) is 12.0. The van der Waals surface area contributed by atoms with Crippen LogP contribution in [0.15, 0.2) is 0 Å². The van der Waals surface area contributed by atoms with Gasteiger partial charge in [0.1, 0.15) is 18.6 Å². The normalized spacial score (nSPS) is 15.5. The van der Waals surface area contributed by atoms with Crippen molar-refractivity contribution in [2.75, 3.05) is 6.54 Å². The maximum Gasteiger partial charge on any atom is 0.322 e. The van der Waals surface area contributed by atoms with Gasteiger partial charge in [-0.3, -0.25) is 19.2 Å². The summed E-state index contributed by atoms with van der Waals surface area (Å²) in [5.41, 5.74) is 5.90. The van der Waals surface area contributed by atoms with Crippen LogP contribution in [0.4, 0.5) is 0 Å². The Morgan fingerprint density at radius 3 is 2.00 bits per heavy atom. The van der Waals surface area contributed by atoms with E-state index in [4.69, 9.17) is 10.8 Å². The smallest absolute Gasteiger partial charge is 0.322 e. The SMILES string of the molecule is CCC(C)C(N)C(=O)NC(CC(C)C)C(=O)NC(C)C(=O)NCC(=O)O. The van der Waals surface area contributed by atoms with Crippen molar-refractivity contribution in [1.29, 1.82) is 0 Å². The van der Waals surface area contributed by atoms with E-state index in [9.17, 15) is 19.2 Å². The first-order valence-electron chi connectivity index (χ1n) is 8.85. The second-order valence-electron chi connectivity index (χ2n) is 6.94. The topological polar surface area (TPSA) is 151 Å². The van der Waals surface area contributed by atoms with Gasteiger partial charge in [0.2, 0.25) is 17.7 Å². The summed E-state index contributed by atoms with van der Waals surface area (Å²) < 4.78 is 0. The standard InChI is InChI=1S/C17H32N4O5/c1-6-10(4)14(18)17(26)21-12(7-9(2)3)16(25)20-11(5)15(24)19-8-13(22)23/h9-12,14H,6-8,18H2,1-5H3,(H,19,24)(H,20,25)(H,21,26)(H,22,23). The van der Waals surface area contributed by atoms with Crippen LogP contribution in [0.3, 0.4) is 0 Å². The van der Waals surface area contributed by atoms with Crippen LogP contribution in [0.25, 0.3) is 0 Å². The van der Waals surface area contributed by atoms with Crippen LogP contribution in [-0.2, 0) is 19.2 Å². The summed E-state index contributed by atoms with van der Waals surface area (Å²) in [6.45, 7) is 8.50. The van der Waals surface area contributed by atoms with E-state index in [2.05, 4.69) is 16.0 Å². The summed E-state index contributed by atoms with van der Waals surface area (Å²) >= 11 is 0. The molecule has 4 atom stereocenters. The number of amides is 3. The summed E-state index contributed by atoms with van der Waals surface area (Å²) in [5.74, 6) is -2.63. The van der Waals surface area contributed by atoms with Gasteiger partial charge < -0.3 is 26.8 Å². The fourth-order valence-corrected chi connectivity index (χ4v) is 2.18. The summed E-state index contributed by atoms with van der Waals surface area (Å²) in [6.07, 6.45) is 1.12. The zero-order chi connectivity index (χ0) is 20.4. The molecule has 26 heavy (non-hydrogen) atoms. The van der Waals surface area contributed by atoms with Gasteiger partial charge in [-0.2, -0.15) is 0 Å². The lowest BCUT2D eigenvalue weighted by Crippen LogP contribution is -2.56. The van der Waals surface area contributed by atoms with Crippen LogP contribution >= 0.6 is 0 Å². The Kier molecular flexibility index (Phi) is 10.5. The maximum absolute atomic E-state index is 12.5. The quantitative estimate of drug-likeness (QED) is 0.333. The van der Waals surface area contributed by atoms with Gasteiger partial charge in [-0.1, -0.05) is 34.1 Å². The molecule has 9 nitrogen and oxygen atoms in total. The first kappa shape index (κ1) is 23.8. The van der Waals surface area contributed by atoms with Gasteiger partial charge in [-0.25, -0.2) is 0 Å². The number of carboxylic acids is 1. The predicted octanol–water partition coefficient (Wildman–Crippen LogP) is -0.404. The van der Waals surface area contributed by atoms with Crippen LogP contribution in [-0.4, -0.2) is 53.5 Å². The molecule has 6 N–H and O–H groups in total. The number of hydrogen-bond acceptors (Lipinski definition) is 5. The van der Waals surface area contributed by atoms with Gasteiger partial charge in [0, 0.05) is 0 Å². The number of carboxylic acid groups (broad SMARTS) is 1. The fraction of sp³-hybridized carbons (Fsp3) is 0.765. The van der Waals surface area contributed by atoms with Gasteiger partial charge in [0.05, 0.1) is 6.04 Å². The Balaban J connectivity index is 4.90. The Bertz CT molecular complexity index is 509. The number of aliphatic carboxylic acids is 1. The minimum Gasteiger partial charge on any atom is -0.480 e. The van der Waals surface area contributed by atoms with Gasteiger partial charge in [-0.15, -0.1) is 0 Å². The van der Waals surface area contributed by atoms with E-state index in [-0.39, 0.29) is 11.8 Å². The average Bonchev–Trinajstić information content (AvgIpc) is 2.56. The monoisotopic (exact) mass is 372 g/mol. The molecule has 0 bridgehead atoms. The molecular formula is C17H32N4O5. The third-order valence-corrected chi connectivity index (χ3v) is 4.07. The van der Waals surface area contributed by atoms with Crippen molar-refractivity contribution in [3.8, 4) is 0 Å². The van der Waals surface area contributed by atoms with Crippen molar-refractivity contribution in [2.24, 2.45) is 17.6 Å². The first-order valence-corrected chi connectivity index (χ1v) is 8.85. The number of rotatable bonds is 11. The lowest BCUT2D eigenvalue weighted by molar-refractivity contribution is -0.138. The van der Waals surface area contributed by atoms with E-state index in [0.29, 0.717) is 6.42 Å². The second kappa shape index (κ2) is 11.5. The number of carbonyl (C=O) groups excluding carboxylic acids is 3. The summed E-state index contributed by atoms with van der Waals surface area (Å²) in [6, 6.07) is -2.48. The third kappa shape index (κ3) is 8.80. The molecule has 0 spiro atoms. The highest BCUT2D eigenvalue weighted by Crippen LogP contribution is 2.09. The van der Waals surface area contributed by atoms with Crippen LogP contribution in [0.1, 0.15) is 47.5 Å². The molecule has 0 fully saturated rings. The Morgan fingerprint density at radius 1 is 0.962 bits per heavy atom. The highest BCUT2D eigenvalue weighted by atomic mass is 16.4. The molecule has 9 heteroatoms. The van der Waals surface area contributed by atoms with Crippen LogP contribution in [0.5, 0.6) is 0 Å². The summed E-state index contributed by atoms with van der Waals surface area (Å²) in [7, 11) is 0. The molecule has 0 saturated carbocycles. The van der Waals surface area contributed by atoms with Crippen molar-refractivity contribution in [3.05, 3.63) is 0 Å². The minimum atomic E-state index is -1.18. The number of nitrogens with two attached hydrogens (primary N) is 1. The molecule has 0 radical (unpaired) electrons. The van der Waals surface area contributed by atoms with Crippen molar-refractivity contribution < 1.29 is 24.3 Å². The van der Waals surface area contributed by atoms with Crippen molar-refractivity contribution >= 4 is 23.7 Å². The van der Waals surface area contributed by atoms with Crippen molar-refractivity contribution in [3.63, 3.8) is 0 Å². The molecule has 0 heterocycles. The molecule has 0 aromatic heterocycles. The lowest BCUT2D eigenvalue weighted by Gasteiger charge is -2.25. The molecule has 0 aromatic carbocycles.